The van der Waals surface area contributed by atoms with Crippen molar-refractivity contribution in [2.75, 3.05) is 0 Å². The lowest BCUT2D eigenvalue weighted by molar-refractivity contribution is 0.452. The molecule has 2 aromatic heterocycles. The van der Waals surface area contributed by atoms with Gasteiger partial charge in [-0.2, -0.15) is 4.98 Å². The van der Waals surface area contributed by atoms with Gasteiger partial charge in [-0.1, -0.05) is 18.5 Å². The van der Waals surface area contributed by atoms with Gasteiger partial charge >= 0.3 is 0 Å². The van der Waals surface area contributed by atoms with Crippen LogP contribution in [0.25, 0.3) is 0 Å². The van der Waals surface area contributed by atoms with E-state index in [4.69, 9.17) is 16.3 Å². The van der Waals surface area contributed by atoms with E-state index in [9.17, 15) is 0 Å². The molecule has 2 aromatic rings. The molecule has 17 heavy (non-hydrogen) atoms. The molecule has 0 radical (unpaired) electrons. The first-order valence-corrected chi connectivity index (χ1v) is 5.69. The average Bonchev–Trinajstić information content (AvgIpc) is 2.36. The van der Waals surface area contributed by atoms with Gasteiger partial charge in [-0.15, -0.1) is 0 Å². The Hall–Kier alpha value is -1.68. The summed E-state index contributed by atoms with van der Waals surface area (Å²) >= 11 is 6.02. The number of pyridine rings is 1. The lowest BCUT2D eigenvalue weighted by Crippen LogP contribution is -2.00. The van der Waals surface area contributed by atoms with Gasteiger partial charge in [0.05, 0.1) is 6.20 Å². The van der Waals surface area contributed by atoms with Crippen molar-refractivity contribution >= 4 is 11.6 Å². The Morgan fingerprint density at radius 2 is 2.18 bits per heavy atom. The molecule has 0 atom stereocenters. The molecular formula is C12H12ClN3O. The predicted octanol–water partition coefficient (Wildman–Crippen LogP) is 3.19. The SMILES string of the molecule is CCc1nc(Cl)c(C)c(Oc2cccnc2)n1. The van der Waals surface area contributed by atoms with Crippen LogP contribution in [0.4, 0.5) is 0 Å². The summed E-state index contributed by atoms with van der Waals surface area (Å²) in [5.74, 6) is 1.78. The van der Waals surface area contributed by atoms with E-state index in [2.05, 4.69) is 15.0 Å². The van der Waals surface area contributed by atoms with E-state index in [1.165, 1.54) is 0 Å². The second-order valence-corrected chi connectivity index (χ2v) is 3.86. The van der Waals surface area contributed by atoms with Crippen LogP contribution >= 0.6 is 11.6 Å². The largest absolute Gasteiger partial charge is 0.437 e. The minimum Gasteiger partial charge on any atom is -0.437 e. The average molecular weight is 250 g/mol. The molecule has 0 aliphatic heterocycles. The smallest absolute Gasteiger partial charge is 0.227 e. The Balaban J connectivity index is 2.35. The maximum absolute atomic E-state index is 6.02. The van der Waals surface area contributed by atoms with Crippen molar-refractivity contribution in [3.63, 3.8) is 0 Å². The fraction of sp³-hybridized carbons (Fsp3) is 0.250. The number of hydrogen-bond acceptors (Lipinski definition) is 4. The summed E-state index contributed by atoms with van der Waals surface area (Å²) in [6.45, 7) is 3.79. The van der Waals surface area contributed by atoms with Gasteiger partial charge < -0.3 is 4.74 Å². The molecule has 0 fully saturated rings. The van der Waals surface area contributed by atoms with Crippen molar-refractivity contribution in [2.45, 2.75) is 20.3 Å². The van der Waals surface area contributed by atoms with Gasteiger partial charge in [0.25, 0.3) is 0 Å². The zero-order chi connectivity index (χ0) is 12.3. The Labute approximate surface area is 105 Å². The normalized spacial score (nSPS) is 10.3. The molecule has 0 bridgehead atoms. The predicted molar refractivity (Wildman–Crippen MR) is 65.5 cm³/mol. The summed E-state index contributed by atoms with van der Waals surface area (Å²) in [7, 11) is 0. The topological polar surface area (TPSA) is 47.9 Å². The van der Waals surface area contributed by atoms with Gasteiger partial charge in [0.2, 0.25) is 5.88 Å². The van der Waals surface area contributed by atoms with Crippen LogP contribution in [0.3, 0.4) is 0 Å². The third kappa shape index (κ3) is 2.71. The van der Waals surface area contributed by atoms with Crippen molar-refractivity contribution in [3.8, 4) is 11.6 Å². The van der Waals surface area contributed by atoms with E-state index < -0.39 is 0 Å². The van der Waals surface area contributed by atoms with E-state index in [1.807, 2.05) is 19.9 Å². The fourth-order valence-electron chi connectivity index (χ4n) is 1.29. The second-order valence-electron chi connectivity index (χ2n) is 3.51. The highest BCUT2D eigenvalue weighted by Gasteiger charge is 2.10. The molecule has 0 N–H and O–H groups in total. The molecule has 0 unspecified atom stereocenters. The molecule has 0 spiro atoms. The summed E-state index contributed by atoms with van der Waals surface area (Å²) in [6, 6.07) is 3.61. The molecule has 0 saturated heterocycles. The fourth-order valence-corrected chi connectivity index (χ4v) is 1.47. The van der Waals surface area contributed by atoms with Crippen LogP contribution < -0.4 is 4.74 Å². The molecule has 2 rings (SSSR count). The zero-order valence-electron chi connectivity index (χ0n) is 9.64. The van der Waals surface area contributed by atoms with E-state index in [1.54, 1.807) is 18.5 Å². The number of ether oxygens (including phenoxy) is 1. The molecule has 0 aliphatic rings. The summed E-state index contributed by atoms with van der Waals surface area (Å²) < 4.78 is 5.63. The molecule has 0 aromatic carbocycles. The van der Waals surface area contributed by atoms with Crippen LogP contribution in [0.15, 0.2) is 24.5 Å². The summed E-state index contributed by atoms with van der Waals surface area (Å²) in [5.41, 5.74) is 0.729. The first kappa shape index (κ1) is 11.8. The summed E-state index contributed by atoms with van der Waals surface area (Å²) in [5, 5.41) is 0.427. The Bertz CT molecular complexity index is 517. The van der Waals surface area contributed by atoms with Crippen molar-refractivity contribution in [1.29, 1.82) is 0 Å². The summed E-state index contributed by atoms with van der Waals surface area (Å²) in [6.07, 6.45) is 4.02. The minimum atomic E-state index is 0.427. The number of rotatable bonds is 3. The monoisotopic (exact) mass is 249 g/mol. The van der Waals surface area contributed by atoms with Crippen LogP contribution in [-0.4, -0.2) is 15.0 Å². The van der Waals surface area contributed by atoms with Gasteiger partial charge in [-0.3, -0.25) is 4.98 Å². The molecule has 0 amide bonds. The van der Waals surface area contributed by atoms with Gasteiger partial charge in [-0.25, -0.2) is 4.98 Å². The van der Waals surface area contributed by atoms with E-state index >= 15 is 0 Å². The maximum atomic E-state index is 6.02. The number of nitrogens with zero attached hydrogens (tertiary/aromatic N) is 3. The lowest BCUT2D eigenvalue weighted by atomic mass is 10.3. The van der Waals surface area contributed by atoms with Gasteiger partial charge in [0, 0.05) is 18.2 Å². The molecular weight excluding hydrogens is 238 g/mol. The summed E-state index contributed by atoms with van der Waals surface area (Å²) in [4.78, 5) is 12.4. The third-order valence-electron chi connectivity index (χ3n) is 2.25. The minimum absolute atomic E-state index is 0.427. The van der Waals surface area contributed by atoms with Crippen LogP contribution in [0.5, 0.6) is 11.6 Å². The standard InChI is InChI=1S/C12H12ClN3O/c1-3-10-15-11(13)8(2)12(16-10)17-9-5-4-6-14-7-9/h4-7H,3H2,1-2H3. The Kier molecular flexibility index (Phi) is 3.54. The van der Waals surface area contributed by atoms with Gasteiger partial charge in [0.1, 0.15) is 16.7 Å². The first-order chi connectivity index (χ1) is 8.20. The van der Waals surface area contributed by atoms with Crippen molar-refractivity contribution in [3.05, 3.63) is 41.1 Å². The molecule has 0 aliphatic carbocycles. The highest BCUT2D eigenvalue weighted by Crippen LogP contribution is 2.26. The molecule has 88 valence electrons. The van der Waals surface area contributed by atoms with E-state index in [0.717, 1.165) is 5.56 Å². The second kappa shape index (κ2) is 5.10. The quantitative estimate of drug-likeness (QED) is 0.784. The van der Waals surface area contributed by atoms with Crippen LogP contribution in [-0.2, 0) is 6.42 Å². The number of aryl methyl sites for hydroxylation is 1. The Morgan fingerprint density at radius 1 is 1.35 bits per heavy atom. The number of aromatic nitrogens is 3. The highest BCUT2D eigenvalue weighted by molar-refractivity contribution is 6.30. The highest BCUT2D eigenvalue weighted by atomic mass is 35.5. The Morgan fingerprint density at radius 3 is 2.82 bits per heavy atom. The van der Waals surface area contributed by atoms with Crippen molar-refractivity contribution in [1.82, 2.24) is 15.0 Å². The molecule has 0 saturated carbocycles. The molecule has 4 nitrogen and oxygen atoms in total. The van der Waals surface area contributed by atoms with E-state index in [0.29, 0.717) is 29.0 Å². The number of halogens is 1. The van der Waals surface area contributed by atoms with Crippen LogP contribution in [0.2, 0.25) is 5.15 Å². The van der Waals surface area contributed by atoms with Crippen LogP contribution in [0.1, 0.15) is 18.3 Å². The molecule has 2 heterocycles. The van der Waals surface area contributed by atoms with Gasteiger partial charge in [0.15, 0.2) is 0 Å². The van der Waals surface area contributed by atoms with Crippen LogP contribution in [0, 0.1) is 6.92 Å². The van der Waals surface area contributed by atoms with Crippen molar-refractivity contribution < 1.29 is 4.74 Å². The maximum Gasteiger partial charge on any atom is 0.227 e. The molecule has 5 heteroatoms. The van der Waals surface area contributed by atoms with Gasteiger partial charge in [-0.05, 0) is 19.1 Å². The van der Waals surface area contributed by atoms with Crippen molar-refractivity contribution in [2.24, 2.45) is 0 Å². The van der Waals surface area contributed by atoms with E-state index in [-0.39, 0.29) is 0 Å². The third-order valence-corrected chi connectivity index (χ3v) is 2.62. The number of hydrogen-bond donors (Lipinski definition) is 0. The first-order valence-electron chi connectivity index (χ1n) is 5.31. The zero-order valence-corrected chi connectivity index (χ0v) is 10.4. The lowest BCUT2D eigenvalue weighted by Gasteiger charge is -2.09.